The quantitative estimate of drug-likeness (QED) is 0.785. The van der Waals surface area contributed by atoms with E-state index in [9.17, 15) is 9.59 Å². The molecule has 1 atom stereocenters. The molecule has 3 nitrogen and oxygen atoms in total. The lowest BCUT2D eigenvalue weighted by atomic mass is 9.87. The SMILES string of the molecule is CC(=O)c1cc2c(s1)CCCC2C(=O)O. The molecule has 0 bridgehead atoms. The van der Waals surface area contributed by atoms with E-state index in [-0.39, 0.29) is 5.78 Å². The van der Waals surface area contributed by atoms with Crippen LogP contribution in [0.25, 0.3) is 0 Å². The van der Waals surface area contributed by atoms with Crippen LogP contribution in [0.1, 0.15) is 45.8 Å². The second kappa shape index (κ2) is 3.77. The van der Waals surface area contributed by atoms with Crippen molar-refractivity contribution >= 4 is 23.1 Å². The first kappa shape index (κ1) is 10.4. The number of carbonyl (C=O) groups is 2. The summed E-state index contributed by atoms with van der Waals surface area (Å²) < 4.78 is 0. The van der Waals surface area contributed by atoms with E-state index >= 15 is 0 Å². The van der Waals surface area contributed by atoms with Gasteiger partial charge in [0, 0.05) is 4.88 Å². The van der Waals surface area contributed by atoms with Crippen LogP contribution in [0.3, 0.4) is 0 Å². The Labute approximate surface area is 91.7 Å². The number of rotatable bonds is 2. The Bertz CT molecular complexity index is 419. The first-order valence-corrected chi connectivity index (χ1v) is 5.77. The van der Waals surface area contributed by atoms with Gasteiger partial charge in [-0.3, -0.25) is 9.59 Å². The number of hydrogen-bond donors (Lipinski definition) is 1. The van der Waals surface area contributed by atoms with Crippen molar-refractivity contribution in [2.75, 3.05) is 0 Å². The van der Waals surface area contributed by atoms with E-state index in [1.54, 1.807) is 6.07 Å². The predicted molar refractivity (Wildman–Crippen MR) is 57.6 cm³/mol. The van der Waals surface area contributed by atoms with Crippen molar-refractivity contribution in [3.05, 3.63) is 21.4 Å². The molecule has 80 valence electrons. The van der Waals surface area contributed by atoms with E-state index in [1.807, 2.05) is 0 Å². The van der Waals surface area contributed by atoms with Gasteiger partial charge in [0.25, 0.3) is 0 Å². The third-order valence-corrected chi connectivity index (χ3v) is 4.07. The topological polar surface area (TPSA) is 54.4 Å². The number of carboxylic acids is 1. The van der Waals surface area contributed by atoms with Gasteiger partial charge in [-0.05, 0) is 37.8 Å². The van der Waals surface area contributed by atoms with Crippen LogP contribution in [0.4, 0.5) is 0 Å². The minimum absolute atomic E-state index is 0.0264. The van der Waals surface area contributed by atoms with Gasteiger partial charge in [-0.15, -0.1) is 11.3 Å². The number of ketones is 1. The van der Waals surface area contributed by atoms with Gasteiger partial charge >= 0.3 is 5.97 Å². The zero-order valence-electron chi connectivity index (χ0n) is 8.45. The molecule has 1 N–H and O–H groups in total. The van der Waals surface area contributed by atoms with Crippen LogP contribution >= 0.6 is 11.3 Å². The van der Waals surface area contributed by atoms with Crippen LogP contribution in [-0.2, 0) is 11.2 Å². The summed E-state index contributed by atoms with van der Waals surface area (Å²) in [6, 6.07) is 1.76. The molecule has 1 unspecified atom stereocenters. The van der Waals surface area contributed by atoms with E-state index in [2.05, 4.69) is 0 Å². The van der Waals surface area contributed by atoms with Crippen LogP contribution in [0.5, 0.6) is 0 Å². The molecular weight excluding hydrogens is 212 g/mol. The monoisotopic (exact) mass is 224 g/mol. The van der Waals surface area contributed by atoms with Crippen LogP contribution in [0.15, 0.2) is 6.07 Å². The number of carbonyl (C=O) groups excluding carboxylic acids is 1. The van der Waals surface area contributed by atoms with Crippen LogP contribution in [0, 0.1) is 0 Å². The number of aliphatic carboxylic acids is 1. The van der Waals surface area contributed by atoms with Gasteiger partial charge in [0.1, 0.15) is 0 Å². The molecule has 0 spiro atoms. The molecule has 1 aromatic rings. The lowest BCUT2D eigenvalue weighted by Gasteiger charge is -2.17. The summed E-state index contributed by atoms with van der Waals surface area (Å²) in [5.74, 6) is -1.15. The first-order chi connectivity index (χ1) is 7.09. The molecule has 15 heavy (non-hydrogen) atoms. The highest BCUT2D eigenvalue weighted by atomic mass is 32.1. The van der Waals surface area contributed by atoms with E-state index in [0.717, 1.165) is 23.3 Å². The molecule has 0 fully saturated rings. The summed E-state index contributed by atoms with van der Waals surface area (Å²) >= 11 is 1.45. The number of hydrogen-bond acceptors (Lipinski definition) is 3. The van der Waals surface area contributed by atoms with Crippen molar-refractivity contribution in [2.45, 2.75) is 32.1 Å². The van der Waals surface area contributed by atoms with Gasteiger partial charge < -0.3 is 5.11 Å². The molecule has 2 rings (SSSR count). The van der Waals surface area contributed by atoms with Gasteiger partial charge in [-0.1, -0.05) is 0 Å². The fourth-order valence-corrected chi connectivity index (χ4v) is 3.15. The molecule has 0 aromatic carbocycles. The van der Waals surface area contributed by atoms with Gasteiger partial charge in [0.05, 0.1) is 10.8 Å². The second-order valence-corrected chi connectivity index (χ2v) is 4.97. The fourth-order valence-electron chi connectivity index (χ4n) is 1.99. The van der Waals surface area contributed by atoms with E-state index in [4.69, 9.17) is 5.11 Å². The Morgan fingerprint density at radius 1 is 1.53 bits per heavy atom. The standard InChI is InChI=1S/C11H12O3S/c1-6(12)10-5-8-7(11(13)14)3-2-4-9(8)15-10/h5,7H,2-4H2,1H3,(H,13,14). The lowest BCUT2D eigenvalue weighted by molar-refractivity contribution is -0.139. The number of aryl methyl sites for hydroxylation is 1. The van der Waals surface area contributed by atoms with Crippen molar-refractivity contribution in [3.8, 4) is 0 Å². The smallest absolute Gasteiger partial charge is 0.311 e. The third-order valence-electron chi connectivity index (χ3n) is 2.76. The van der Waals surface area contributed by atoms with Crippen LogP contribution in [0.2, 0.25) is 0 Å². The summed E-state index contributed by atoms with van der Waals surface area (Å²) in [6.45, 7) is 1.52. The maximum atomic E-state index is 11.2. The maximum Gasteiger partial charge on any atom is 0.311 e. The third kappa shape index (κ3) is 1.81. The molecule has 1 aliphatic carbocycles. The van der Waals surface area contributed by atoms with Crippen LogP contribution < -0.4 is 0 Å². The molecule has 0 saturated carbocycles. The minimum atomic E-state index is -0.774. The summed E-state index contributed by atoms with van der Waals surface area (Å²) in [4.78, 5) is 24.0. The summed E-state index contributed by atoms with van der Waals surface area (Å²) in [5, 5.41) is 9.05. The van der Waals surface area contributed by atoms with E-state index in [1.165, 1.54) is 18.3 Å². The van der Waals surface area contributed by atoms with Gasteiger partial charge in [0.15, 0.2) is 5.78 Å². The highest BCUT2D eigenvalue weighted by molar-refractivity contribution is 7.14. The van der Waals surface area contributed by atoms with Crippen molar-refractivity contribution in [3.63, 3.8) is 0 Å². The molecule has 4 heteroatoms. The molecule has 0 aliphatic heterocycles. The second-order valence-electron chi connectivity index (χ2n) is 3.83. The highest BCUT2D eigenvalue weighted by Gasteiger charge is 2.28. The molecule has 0 amide bonds. The zero-order chi connectivity index (χ0) is 11.0. The summed E-state index contributed by atoms with van der Waals surface area (Å²) in [5.41, 5.74) is 0.865. The van der Waals surface area contributed by atoms with Gasteiger partial charge in [0.2, 0.25) is 0 Å². The number of Topliss-reactive ketones (excluding diaryl/α,β-unsaturated/α-hetero) is 1. The van der Waals surface area contributed by atoms with Crippen molar-refractivity contribution < 1.29 is 14.7 Å². The normalized spacial score (nSPS) is 19.7. The number of carboxylic acid groups (broad SMARTS) is 1. The molecule has 1 aliphatic rings. The first-order valence-electron chi connectivity index (χ1n) is 4.96. The Balaban J connectivity index is 2.43. The van der Waals surface area contributed by atoms with Crippen molar-refractivity contribution in [2.24, 2.45) is 0 Å². The van der Waals surface area contributed by atoms with Gasteiger partial charge in [-0.2, -0.15) is 0 Å². The largest absolute Gasteiger partial charge is 0.481 e. The Morgan fingerprint density at radius 2 is 2.27 bits per heavy atom. The van der Waals surface area contributed by atoms with Crippen molar-refractivity contribution in [1.29, 1.82) is 0 Å². The number of thiophene rings is 1. The molecule has 1 aromatic heterocycles. The summed E-state index contributed by atoms with van der Waals surface area (Å²) in [7, 11) is 0. The average molecular weight is 224 g/mol. The molecule has 0 radical (unpaired) electrons. The van der Waals surface area contributed by atoms with Crippen LogP contribution in [-0.4, -0.2) is 16.9 Å². The Hall–Kier alpha value is -1.16. The Kier molecular flexibility index (Phi) is 2.61. The average Bonchev–Trinajstić information content (AvgIpc) is 2.60. The Morgan fingerprint density at radius 3 is 2.87 bits per heavy atom. The van der Waals surface area contributed by atoms with Gasteiger partial charge in [-0.25, -0.2) is 0 Å². The molecule has 0 saturated heterocycles. The fraction of sp³-hybridized carbons (Fsp3) is 0.455. The predicted octanol–water partition coefficient (Wildman–Crippen LogP) is 2.46. The lowest BCUT2D eigenvalue weighted by Crippen LogP contribution is -2.16. The van der Waals surface area contributed by atoms with E-state index in [0.29, 0.717) is 11.3 Å². The zero-order valence-corrected chi connectivity index (χ0v) is 9.26. The molecule has 1 heterocycles. The highest BCUT2D eigenvalue weighted by Crippen LogP contribution is 2.37. The summed E-state index contributed by atoms with van der Waals surface area (Å²) in [6.07, 6.45) is 2.51. The van der Waals surface area contributed by atoms with Crippen molar-refractivity contribution in [1.82, 2.24) is 0 Å². The maximum absolute atomic E-state index is 11.2. The minimum Gasteiger partial charge on any atom is -0.481 e. The van der Waals surface area contributed by atoms with E-state index < -0.39 is 11.9 Å². The molecular formula is C11H12O3S. The number of fused-ring (bicyclic) bond motifs is 1.